The Hall–Kier alpha value is -2.48. The van der Waals surface area contributed by atoms with Crippen LogP contribution < -0.4 is 10.1 Å². The van der Waals surface area contributed by atoms with Gasteiger partial charge in [0.2, 0.25) is 5.91 Å². The number of rotatable bonds is 6. The van der Waals surface area contributed by atoms with E-state index >= 15 is 0 Å². The fourth-order valence-electron chi connectivity index (χ4n) is 3.47. The average molecular weight is 418 g/mol. The molecule has 29 heavy (non-hydrogen) atoms. The van der Waals surface area contributed by atoms with Crippen molar-refractivity contribution in [3.05, 3.63) is 40.5 Å². The highest BCUT2D eigenvalue weighted by molar-refractivity contribution is 7.18. The molecule has 1 atom stereocenters. The highest BCUT2D eigenvalue weighted by Gasteiger charge is 2.35. The summed E-state index contributed by atoms with van der Waals surface area (Å²) in [6.45, 7) is 7.42. The second-order valence-electron chi connectivity index (χ2n) is 7.94. The van der Waals surface area contributed by atoms with Crippen molar-refractivity contribution in [2.75, 3.05) is 0 Å². The van der Waals surface area contributed by atoms with Gasteiger partial charge in [-0.05, 0) is 25.8 Å². The van der Waals surface area contributed by atoms with Gasteiger partial charge >= 0.3 is 0 Å². The van der Waals surface area contributed by atoms with Crippen LogP contribution in [0.25, 0.3) is 10.2 Å². The van der Waals surface area contributed by atoms with Crippen LogP contribution >= 0.6 is 11.3 Å². The largest absolute Gasteiger partial charge is 0.490 e. The highest BCUT2D eigenvalue weighted by Crippen LogP contribution is 2.40. The molecule has 1 aromatic carbocycles. The molecule has 1 amide bonds. The van der Waals surface area contributed by atoms with Crippen molar-refractivity contribution in [2.45, 2.75) is 64.5 Å². The summed E-state index contributed by atoms with van der Waals surface area (Å²) in [5.41, 5.74) is 1.28. The lowest BCUT2D eigenvalue weighted by atomic mass is 9.80. The average Bonchev–Trinajstić information content (AvgIpc) is 3.24. The fourth-order valence-corrected chi connectivity index (χ4v) is 4.48. The number of hydrogen-bond donors (Lipinski definition) is 1. The van der Waals surface area contributed by atoms with Gasteiger partial charge in [0.25, 0.3) is 0 Å². The molecule has 1 saturated carbocycles. The van der Waals surface area contributed by atoms with Gasteiger partial charge in [-0.15, -0.1) is 11.3 Å². The lowest BCUT2D eigenvalue weighted by Crippen LogP contribution is -2.32. The van der Waals surface area contributed by atoms with Crippen molar-refractivity contribution in [3.8, 4) is 5.75 Å². The first kappa shape index (κ1) is 19.8. The van der Waals surface area contributed by atoms with Gasteiger partial charge in [-0.25, -0.2) is 9.37 Å². The number of aromatic nitrogens is 2. The first-order valence-electron chi connectivity index (χ1n) is 9.80. The summed E-state index contributed by atoms with van der Waals surface area (Å²) in [4.78, 5) is 15.6. The molecular formula is C21H24FN3O3S. The molecule has 1 aliphatic rings. The SMILES string of the molecule is CC(=O)N[C@@H](C)c1cc(C2CC(Oc3cc(F)c4nc(C(C)C)sc4c3)C2)no1. The molecule has 154 valence electrons. The topological polar surface area (TPSA) is 77.2 Å². The summed E-state index contributed by atoms with van der Waals surface area (Å²) in [6, 6.07) is 4.96. The van der Waals surface area contributed by atoms with Crippen LogP contribution in [0.4, 0.5) is 4.39 Å². The van der Waals surface area contributed by atoms with Crippen molar-refractivity contribution >= 4 is 27.5 Å². The molecular weight excluding hydrogens is 393 g/mol. The quantitative estimate of drug-likeness (QED) is 0.606. The Balaban J connectivity index is 1.38. The van der Waals surface area contributed by atoms with E-state index in [0.29, 0.717) is 17.0 Å². The second-order valence-corrected chi connectivity index (χ2v) is 9.01. The summed E-state index contributed by atoms with van der Waals surface area (Å²) in [5, 5.41) is 7.84. The molecule has 0 bridgehead atoms. The van der Waals surface area contributed by atoms with Gasteiger partial charge in [-0.1, -0.05) is 19.0 Å². The smallest absolute Gasteiger partial charge is 0.217 e. The number of carbonyl (C=O) groups excluding carboxylic acids is 1. The standard InChI is InChI=1S/C21H24FN3O3S/c1-10(2)21-24-20-16(22)7-15(8-19(20)29-21)27-14-5-13(6-14)17-9-18(28-25-17)11(3)23-12(4)26/h7-11,13-14H,5-6H2,1-4H3,(H,23,26)/t11-,13?,14?/m0/s1. The molecule has 3 aromatic rings. The molecule has 0 aliphatic heterocycles. The normalized spacial score (nSPS) is 19.9. The minimum atomic E-state index is -0.343. The van der Waals surface area contributed by atoms with Crippen LogP contribution in [0.3, 0.4) is 0 Å². The maximum Gasteiger partial charge on any atom is 0.217 e. The van der Waals surface area contributed by atoms with Crippen LogP contribution in [0.5, 0.6) is 5.75 Å². The monoisotopic (exact) mass is 417 g/mol. The fraction of sp³-hybridized carbons (Fsp3) is 0.476. The molecule has 2 aromatic heterocycles. The van der Waals surface area contributed by atoms with Crippen LogP contribution in [-0.4, -0.2) is 22.2 Å². The van der Waals surface area contributed by atoms with E-state index in [1.807, 2.05) is 32.9 Å². The van der Waals surface area contributed by atoms with Gasteiger partial charge in [-0.2, -0.15) is 0 Å². The third kappa shape index (κ3) is 4.12. The Labute approximate surface area is 172 Å². The molecule has 0 unspecified atom stereocenters. The van der Waals surface area contributed by atoms with Crippen LogP contribution in [0.2, 0.25) is 0 Å². The summed E-state index contributed by atoms with van der Waals surface area (Å²) in [5.74, 6) is 1.23. The first-order chi connectivity index (χ1) is 13.8. The zero-order valence-corrected chi connectivity index (χ0v) is 17.7. The number of amides is 1. The summed E-state index contributed by atoms with van der Waals surface area (Å²) in [7, 11) is 0. The van der Waals surface area contributed by atoms with Gasteiger partial charge in [0.1, 0.15) is 11.3 Å². The van der Waals surface area contributed by atoms with Crippen molar-refractivity contribution in [1.82, 2.24) is 15.5 Å². The van der Waals surface area contributed by atoms with E-state index in [2.05, 4.69) is 15.5 Å². The van der Waals surface area contributed by atoms with Crippen LogP contribution in [0.15, 0.2) is 22.7 Å². The minimum absolute atomic E-state index is 0.0160. The van der Waals surface area contributed by atoms with E-state index in [1.54, 1.807) is 0 Å². The third-order valence-electron chi connectivity index (χ3n) is 5.14. The zero-order chi connectivity index (χ0) is 20.7. The summed E-state index contributed by atoms with van der Waals surface area (Å²) < 4.78 is 26.6. The zero-order valence-electron chi connectivity index (χ0n) is 16.9. The number of ether oxygens (including phenoxy) is 1. The van der Waals surface area contributed by atoms with Gasteiger partial charge in [-0.3, -0.25) is 4.79 Å². The Morgan fingerprint density at radius 1 is 1.31 bits per heavy atom. The number of thiazole rings is 1. The predicted molar refractivity (Wildman–Crippen MR) is 109 cm³/mol. The summed E-state index contributed by atoms with van der Waals surface area (Å²) >= 11 is 1.51. The number of nitrogens with zero attached hydrogens (tertiary/aromatic N) is 2. The number of nitrogens with one attached hydrogen (secondary N) is 1. The Morgan fingerprint density at radius 3 is 2.76 bits per heavy atom. The van der Waals surface area contributed by atoms with Gasteiger partial charge in [0, 0.05) is 30.9 Å². The lowest BCUT2D eigenvalue weighted by Gasteiger charge is -2.34. The molecule has 1 N–H and O–H groups in total. The van der Waals surface area contributed by atoms with E-state index in [0.717, 1.165) is 28.2 Å². The minimum Gasteiger partial charge on any atom is -0.490 e. The Kier molecular flexibility index (Phi) is 5.29. The van der Waals surface area contributed by atoms with Crippen molar-refractivity contribution in [1.29, 1.82) is 0 Å². The first-order valence-corrected chi connectivity index (χ1v) is 10.6. The number of fused-ring (bicyclic) bond motifs is 1. The number of hydrogen-bond acceptors (Lipinski definition) is 6. The van der Waals surface area contributed by atoms with Crippen molar-refractivity contribution < 1.29 is 18.4 Å². The summed E-state index contributed by atoms with van der Waals surface area (Å²) in [6.07, 6.45) is 1.60. The van der Waals surface area contributed by atoms with Gasteiger partial charge in [0.15, 0.2) is 11.6 Å². The molecule has 0 radical (unpaired) electrons. The molecule has 1 fully saturated rings. The molecule has 4 rings (SSSR count). The molecule has 8 heteroatoms. The van der Waals surface area contributed by atoms with Gasteiger partial charge < -0.3 is 14.6 Å². The Morgan fingerprint density at radius 2 is 2.07 bits per heavy atom. The number of halogens is 1. The number of carbonyl (C=O) groups is 1. The maximum absolute atomic E-state index is 14.4. The lowest BCUT2D eigenvalue weighted by molar-refractivity contribution is -0.119. The number of benzene rings is 1. The second kappa shape index (κ2) is 7.74. The van der Waals surface area contributed by atoms with E-state index in [4.69, 9.17) is 9.26 Å². The maximum atomic E-state index is 14.4. The van der Waals surface area contributed by atoms with Crippen LogP contribution in [-0.2, 0) is 4.79 Å². The molecule has 2 heterocycles. The highest BCUT2D eigenvalue weighted by atomic mass is 32.1. The predicted octanol–water partition coefficient (Wildman–Crippen LogP) is 5.07. The third-order valence-corrected chi connectivity index (χ3v) is 6.44. The molecule has 0 saturated heterocycles. The van der Waals surface area contributed by atoms with Gasteiger partial charge in [0.05, 0.1) is 27.5 Å². The van der Waals surface area contributed by atoms with Crippen LogP contribution in [0.1, 0.15) is 74.9 Å². The Bertz CT molecular complexity index is 1040. The molecule has 0 spiro atoms. The van der Waals surface area contributed by atoms with E-state index in [9.17, 15) is 9.18 Å². The van der Waals surface area contributed by atoms with Crippen molar-refractivity contribution in [2.24, 2.45) is 0 Å². The van der Waals surface area contributed by atoms with E-state index in [1.165, 1.54) is 24.3 Å². The van der Waals surface area contributed by atoms with Crippen molar-refractivity contribution in [3.63, 3.8) is 0 Å². The molecule has 1 aliphatic carbocycles. The molecule has 6 nitrogen and oxygen atoms in total. The van der Waals surface area contributed by atoms with E-state index in [-0.39, 0.29) is 35.7 Å². The van der Waals surface area contributed by atoms with E-state index < -0.39 is 0 Å². The van der Waals surface area contributed by atoms with Crippen LogP contribution in [0, 0.1) is 5.82 Å².